The van der Waals surface area contributed by atoms with Crippen molar-refractivity contribution in [3.8, 4) is 0 Å². The van der Waals surface area contributed by atoms with Gasteiger partial charge in [0, 0.05) is 24.0 Å². The molecule has 128 valence electrons. The van der Waals surface area contributed by atoms with Crippen molar-refractivity contribution in [1.82, 2.24) is 10.2 Å². The number of nitrogens with one attached hydrogen (secondary N) is 1. The van der Waals surface area contributed by atoms with Crippen LogP contribution in [0.3, 0.4) is 0 Å². The topological polar surface area (TPSA) is 35.5 Å². The molecule has 3 nitrogen and oxygen atoms in total. The minimum Gasteiger partial charge on any atom is -0.393 e. The normalized spacial score (nSPS) is 23.0. The van der Waals surface area contributed by atoms with E-state index in [2.05, 4.69) is 34.7 Å². The van der Waals surface area contributed by atoms with Crippen LogP contribution in [-0.4, -0.2) is 48.5 Å². The molecule has 1 unspecified atom stereocenters. The zero-order chi connectivity index (χ0) is 16.1. The highest BCUT2D eigenvalue weighted by Gasteiger charge is 2.20. The van der Waals surface area contributed by atoms with E-state index in [9.17, 15) is 5.11 Å². The van der Waals surface area contributed by atoms with Crippen molar-refractivity contribution in [2.45, 2.75) is 55.6 Å². The summed E-state index contributed by atoms with van der Waals surface area (Å²) in [4.78, 5) is 3.88. The number of aliphatic hydroxyl groups excluding tert-OH is 1. The van der Waals surface area contributed by atoms with Crippen molar-refractivity contribution in [3.63, 3.8) is 0 Å². The van der Waals surface area contributed by atoms with Crippen LogP contribution in [0.5, 0.6) is 0 Å². The number of piperidine rings is 1. The third kappa shape index (κ3) is 4.72. The molecule has 1 aliphatic heterocycles. The summed E-state index contributed by atoms with van der Waals surface area (Å²) in [5.74, 6) is 0. The van der Waals surface area contributed by atoms with Crippen molar-refractivity contribution in [2.24, 2.45) is 0 Å². The number of benzene rings is 1. The summed E-state index contributed by atoms with van der Waals surface area (Å²) >= 11 is 1.84. The highest BCUT2D eigenvalue weighted by Crippen LogP contribution is 2.32. The van der Waals surface area contributed by atoms with E-state index < -0.39 is 0 Å². The number of hydrogen-bond donors (Lipinski definition) is 2. The van der Waals surface area contributed by atoms with Crippen LogP contribution < -0.4 is 5.32 Å². The van der Waals surface area contributed by atoms with Crippen LogP contribution in [0.1, 0.15) is 49.3 Å². The maximum Gasteiger partial charge on any atom is 0.0564 e. The summed E-state index contributed by atoms with van der Waals surface area (Å²) in [5.41, 5.74) is 3.07. The first-order valence-corrected chi connectivity index (χ1v) is 10.3. The average molecular weight is 335 g/mol. The van der Waals surface area contributed by atoms with Gasteiger partial charge in [-0.2, -0.15) is 0 Å². The van der Waals surface area contributed by atoms with Gasteiger partial charge in [0.2, 0.25) is 0 Å². The first-order valence-electron chi connectivity index (χ1n) is 9.07. The monoisotopic (exact) mass is 334 g/mol. The van der Waals surface area contributed by atoms with E-state index in [1.807, 2.05) is 11.8 Å². The van der Waals surface area contributed by atoms with Gasteiger partial charge >= 0.3 is 0 Å². The van der Waals surface area contributed by atoms with E-state index in [4.69, 9.17) is 0 Å². The second kappa shape index (κ2) is 8.52. The summed E-state index contributed by atoms with van der Waals surface area (Å²) in [6.45, 7) is 4.37. The number of likely N-dealkylation sites (tertiary alicyclic amines) is 1. The minimum atomic E-state index is -0.0608. The lowest BCUT2D eigenvalue weighted by Gasteiger charge is -2.30. The van der Waals surface area contributed by atoms with Gasteiger partial charge in [0.05, 0.1) is 6.10 Å². The summed E-state index contributed by atoms with van der Waals surface area (Å²) in [5, 5.41) is 13.3. The van der Waals surface area contributed by atoms with E-state index >= 15 is 0 Å². The lowest BCUT2D eigenvalue weighted by atomic mass is 9.87. The number of aryl methyl sites for hydroxylation is 1. The first-order chi connectivity index (χ1) is 11.3. The molecule has 1 atom stereocenters. The maximum absolute atomic E-state index is 9.56. The molecule has 1 fully saturated rings. The Morgan fingerprint density at radius 3 is 2.87 bits per heavy atom. The van der Waals surface area contributed by atoms with Crippen LogP contribution in [0.4, 0.5) is 0 Å². The van der Waals surface area contributed by atoms with E-state index in [1.165, 1.54) is 36.1 Å². The fourth-order valence-corrected chi connectivity index (χ4v) is 4.32. The van der Waals surface area contributed by atoms with Crippen molar-refractivity contribution < 1.29 is 5.11 Å². The van der Waals surface area contributed by atoms with Gasteiger partial charge in [-0.05, 0) is 81.1 Å². The van der Waals surface area contributed by atoms with E-state index in [0.717, 1.165) is 39.0 Å². The second-order valence-electron chi connectivity index (χ2n) is 6.89. The van der Waals surface area contributed by atoms with Crippen LogP contribution in [0.15, 0.2) is 23.1 Å². The Labute approximate surface area is 144 Å². The van der Waals surface area contributed by atoms with E-state index in [1.54, 1.807) is 5.56 Å². The predicted molar refractivity (Wildman–Crippen MR) is 98.2 cm³/mol. The maximum atomic E-state index is 9.56. The highest BCUT2D eigenvalue weighted by atomic mass is 32.2. The molecule has 2 N–H and O–H groups in total. The Balaban J connectivity index is 1.44. The zero-order valence-corrected chi connectivity index (χ0v) is 15.1. The molecule has 0 aromatic heterocycles. The van der Waals surface area contributed by atoms with Gasteiger partial charge in [-0.25, -0.2) is 0 Å². The SMILES string of the molecule is CSc1ccc2c(c1)CCCC2NCCCN1CCC(O)CC1. The van der Waals surface area contributed by atoms with Gasteiger partial charge in [-0.1, -0.05) is 6.07 Å². The Kier molecular flexibility index (Phi) is 6.40. The second-order valence-corrected chi connectivity index (χ2v) is 7.77. The standard InChI is InChI=1S/C19H30N2OS/c1-23-17-6-7-18-15(14-17)4-2-5-19(18)20-10-3-11-21-12-8-16(22)9-13-21/h6-7,14,16,19-20,22H,2-5,8-13H2,1H3. The number of thioether (sulfide) groups is 1. The van der Waals surface area contributed by atoms with Crippen LogP contribution in [0.2, 0.25) is 0 Å². The molecule has 3 rings (SSSR count). The molecule has 0 bridgehead atoms. The predicted octanol–water partition coefficient (Wildman–Crippen LogP) is 3.22. The summed E-state index contributed by atoms with van der Waals surface area (Å²) in [7, 11) is 0. The Morgan fingerprint density at radius 1 is 1.26 bits per heavy atom. The molecule has 1 saturated heterocycles. The lowest BCUT2D eigenvalue weighted by Crippen LogP contribution is -2.37. The molecule has 0 spiro atoms. The summed E-state index contributed by atoms with van der Waals surface area (Å²) in [6, 6.07) is 7.53. The fourth-order valence-electron chi connectivity index (χ4n) is 3.85. The van der Waals surface area contributed by atoms with Crippen molar-refractivity contribution in [1.29, 1.82) is 0 Å². The molecule has 0 radical (unpaired) electrons. The van der Waals surface area contributed by atoms with Gasteiger partial charge in [-0.3, -0.25) is 0 Å². The number of rotatable bonds is 6. The highest BCUT2D eigenvalue weighted by molar-refractivity contribution is 7.98. The third-order valence-corrected chi connectivity index (χ3v) is 5.99. The van der Waals surface area contributed by atoms with Crippen molar-refractivity contribution >= 4 is 11.8 Å². The Morgan fingerprint density at radius 2 is 2.09 bits per heavy atom. The van der Waals surface area contributed by atoms with Crippen molar-refractivity contribution in [2.75, 3.05) is 32.4 Å². The fraction of sp³-hybridized carbons (Fsp3) is 0.684. The molecule has 1 heterocycles. The van der Waals surface area contributed by atoms with Gasteiger partial charge in [0.1, 0.15) is 0 Å². The molecule has 1 aliphatic carbocycles. The Bertz CT molecular complexity index is 500. The van der Waals surface area contributed by atoms with Crippen LogP contribution in [0.25, 0.3) is 0 Å². The number of aliphatic hydroxyl groups is 1. The molecule has 0 saturated carbocycles. The zero-order valence-electron chi connectivity index (χ0n) is 14.3. The lowest BCUT2D eigenvalue weighted by molar-refractivity contribution is 0.0820. The van der Waals surface area contributed by atoms with Crippen LogP contribution >= 0.6 is 11.8 Å². The van der Waals surface area contributed by atoms with Crippen LogP contribution in [-0.2, 0) is 6.42 Å². The molecule has 1 aromatic carbocycles. The molecule has 2 aliphatic rings. The quantitative estimate of drug-likeness (QED) is 0.618. The minimum absolute atomic E-state index is 0.0608. The first kappa shape index (κ1) is 17.3. The molecule has 0 amide bonds. The van der Waals surface area contributed by atoms with Gasteiger partial charge in [0.15, 0.2) is 0 Å². The van der Waals surface area contributed by atoms with Gasteiger partial charge in [-0.15, -0.1) is 11.8 Å². The number of fused-ring (bicyclic) bond motifs is 1. The average Bonchev–Trinajstić information content (AvgIpc) is 2.59. The van der Waals surface area contributed by atoms with Crippen LogP contribution in [0, 0.1) is 0 Å². The summed E-state index contributed by atoms with van der Waals surface area (Å²) < 4.78 is 0. The van der Waals surface area contributed by atoms with E-state index in [0.29, 0.717) is 6.04 Å². The number of nitrogens with zero attached hydrogens (tertiary/aromatic N) is 1. The van der Waals surface area contributed by atoms with Gasteiger partial charge in [0.25, 0.3) is 0 Å². The largest absolute Gasteiger partial charge is 0.393 e. The van der Waals surface area contributed by atoms with Crippen molar-refractivity contribution in [3.05, 3.63) is 29.3 Å². The molecule has 1 aromatic rings. The molecular formula is C19H30N2OS. The van der Waals surface area contributed by atoms with E-state index in [-0.39, 0.29) is 6.10 Å². The molecular weight excluding hydrogens is 304 g/mol. The number of hydrogen-bond acceptors (Lipinski definition) is 4. The summed E-state index contributed by atoms with van der Waals surface area (Å²) in [6.07, 6.45) is 8.98. The molecule has 4 heteroatoms. The Hall–Kier alpha value is -0.550. The third-order valence-electron chi connectivity index (χ3n) is 5.26. The molecule has 23 heavy (non-hydrogen) atoms. The van der Waals surface area contributed by atoms with Gasteiger partial charge < -0.3 is 15.3 Å². The smallest absolute Gasteiger partial charge is 0.0564 e.